The molecule has 0 aliphatic carbocycles. The Balaban J connectivity index is 1.39. The number of hydrogen-bond acceptors (Lipinski definition) is 5. The van der Waals surface area contributed by atoms with E-state index in [-0.39, 0.29) is 11.8 Å². The van der Waals surface area contributed by atoms with Gasteiger partial charge in [0.05, 0.1) is 12.8 Å². The van der Waals surface area contributed by atoms with Crippen LogP contribution in [0.1, 0.15) is 35.8 Å². The number of nitrogens with zero attached hydrogens (tertiary/aromatic N) is 3. The minimum absolute atomic E-state index is 0.105. The Hall–Kier alpha value is -2.21. The Morgan fingerprint density at radius 3 is 2.64 bits per heavy atom. The van der Waals surface area contributed by atoms with Crippen LogP contribution in [-0.2, 0) is 17.8 Å². The molecule has 0 radical (unpaired) electrons. The number of piperidine rings is 1. The molecule has 1 amide bonds. The second-order valence-electron chi connectivity index (χ2n) is 6.74. The van der Waals surface area contributed by atoms with Gasteiger partial charge in [0.1, 0.15) is 11.6 Å². The number of amides is 1. The van der Waals surface area contributed by atoms with E-state index < -0.39 is 0 Å². The number of carbonyl (C=O) groups excluding carboxylic acids is 1. The molecule has 1 fully saturated rings. The minimum atomic E-state index is 0.105. The fraction of sp³-hybridized carbons (Fsp3) is 0.526. The van der Waals surface area contributed by atoms with Crippen molar-refractivity contribution in [1.29, 1.82) is 0 Å². The molecular weight excluding hydrogens is 316 g/mol. The van der Waals surface area contributed by atoms with Crippen LogP contribution < -0.4 is 5.32 Å². The Labute approximate surface area is 148 Å². The summed E-state index contributed by atoms with van der Waals surface area (Å²) in [5, 5.41) is 3.04. The van der Waals surface area contributed by atoms with Gasteiger partial charge in [-0.15, -0.1) is 0 Å². The summed E-state index contributed by atoms with van der Waals surface area (Å²) in [5.41, 5.74) is 1.94. The third-order valence-corrected chi connectivity index (χ3v) is 4.59. The lowest BCUT2D eigenvalue weighted by Gasteiger charge is -2.30. The predicted octanol–water partition coefficient (Wildman–Crippen LogP) is 2.26. The van der Waals surface area contributed by atoms with Crippen LogP contribution in [0.15, 0.2) is 28.9 Å². The van der Waals surface area contributed by atoms with Crippen LogP contribution >= 0.6 is 0 Å². The summed E-state index contributed by atoms with van der Waals surface area (Å²) in [4.78, 5) is 23.5. The van der Waals surface area contributed by atoms with Gasteiger partial charge in [0.2, 0.25) is 5.91 Å². The molecule has 6 nitrogen and oxygen atoms in total. The van der Waals surface area contributed by atoms with Crippen LogP contribution in [0.4, 0.5) is 0 Å². The van der Waals surface area contributed by atoms with Crippen LogP contribution in [0, 0.1) is 19.8 Å². The van der Waals surface area contributed by atoms with Crippen molar-refractivity contribution < 1.29 is 9.21 Å². The number of rotatable bonds is 6. The first kappa shape index (κ1) is 17.6. The second-order valence-corrected chi connectivity index (χ2v) is 6.74. The molecule has 0 spiro atoms. The number of aryl methyl sites for hydroxylation is 2. The summed E-state index contributed by atoms with van der Waals surface area (Å²) >= 11 is 0. The Morgan fingerprint density at radius 1 is 1.28 bits per heavy atom. The van der Waals surface area contributed by atoms with Crippen LogP contribution in [-0.4, -0.2) is 40.4 Å². The molecule has 3 heterocycles. The second kappa shape index (κ2) is 8.25. The molecule has 134 valence electrons. The molecule has 1 saturated heterocycles. The molecule has 2 aromatic heterocycles. The van der Waals surface area contributed by atoms with E-state index in [1.54, 1.807) is 6.26 Å². The third-order valence-electron chi connectivity index (χ3n) is 4.59. The lowest BCUT2D eigenvalue weighted by Crippen LogP contribution is -2.40. The SMILES string of the molecule is Cc1cc(C)nc(CCNC(=O)C2CCN(Cc3ccco3)CC2)n1. The number of carbonyl (C=O) groups is 1. The maximum Gasteiger partial charge on any atom is 0.223 e. The highest BCUT2D eigenvalue weighted by atomic mass is 16.3. The van der Waals surface area contributed by atoms with Crippen LogP contribution in [0.2, 0.25) is 0 Å². The molecule has 0 unspecified atom stereocenters. The van der Waals surface area contributed by atoms with Crippen LogP contribution in [0.3, 0.4) is 0 Å². The van der Waals surface area contributed by atoms with Crippen molar-refractivity contribution in [1.82, 2.24) is 20.2 Å². The summed E-state index contributed by atoms with van der Waals surface area (Å²) in [6, 6.07) is 5.86. The van der Waals surface area contributed by atoms with Gasteiger partial charge in [-0.25, -0.2) is 9.97 Å². The number of furan rings is 1. The monoisotopic (exact) mass is 342 g/mol. The highest BCUT2D eigenvalue weighted by Crippen LogP contribution is 2.19. The topological polar surface area (TPSA) is 71.3 Å². The average Bonchev–Trinajstić information content (AvgIpc) is 3.07. The number of hydrogen-bond donors (Lipinski definition) is 1. The summed E-state index contributed by atoms with van der Waals surface area (Å²) in [6.45, 7) is 7.21. The van der Waals surface area contributed by atoms with Gasteiger partial charge in [-0.1, -0.05) is 0 Å². The van der Waals surface area contributed by atoms with E-state index in [0.717, 1.165) is 55.4 Å². The van der Waals surface area contributed by atoms with Crippen molar-refractivity contribution in [2.45, 2.75) is 39.7 Å². The van der Waals surface area contributed by atoms with E-state index in [1.165, 1.54) is 0 Å². The molecule has 0 saturated carbocycles. The van der Waals surface area contributed by atoms with Gasteiger partial charge in [0, 0.05) is 30.3 Å². The molecule has 2 aromatic rings. The fourth-order valence-corrected chi connectivity index (χ4v) is 3.33. The maximum atomic E-state index is 12.4. The number of likely N-dealkylation sites (tertiary alicyclic amines) is 1. The lowest BCUT2D eigenvalue weighted by atomic mass is 9.96. The van der Waals surface area contributed by atoms with E-state index in [9.17, 15) is 4.79 Å². The van der Waals surface area contributed by atoms with Gasteiger partial charge >= 0.3 is 0 Å². The quantitative estimate of drug-likeness (QED) is 0.872. The van der Waals surface area contributed by atoms with E-state index in [1.807, 2.05) is 32.0 Å². The van der Waals surface area contributed by atoms with Crippen molar-refractivity contribution in [3.63, 3.8) is 0 Å². The lowest BCUT2D eigenvalue weighted by molar-refractivity contribution is -0.126. The van der Waals surface area contributed by atoms with Gasteiger partial charge in [-0.2, -0.15) is 0 Å². The zero-order valence-corrected chi connectivity index (χ0v) is 15.0. The van der Waals surface area contributed by atoms with Gasteiger partial charge in [-0.3, -0.25) is 9.69 Å². The normalized spacial score (nSPS) is 16.1. The first-order valence-electron chi connectivity index (χ1n) is 8.94. The van der Waals surface area contributed by atoms with E-state index >= 15 is 0 Å². The molecule has 3 rings (SSSR count). The summed E-state index contributed by atoms with van der Waals surface area (Å²) in [5.74, 6) is 2.04. The van der Waals surface area contributed by atoms with Crippen molar-refractivity contribution in [2.75, 3.05) is 19.6 Å². The largest absolute Gasteiger partial charge is 0.468 e. The highest BCUT2D eigenvalue weighted by molar-refractivity contribution is 5.78. The number of aromatic nitrogens is 2. The van der Waals surface area contributed by atoms with Gasteiger partial charge in [0.25, 0.3) is 0 Å². The van der Waals surface area contributed by atoms with E-state index in [2.05, 4.69) is 20.2 Å². The smallest absolute Gasteiger partial charge is 0.223 e. The fourth-order valence-electron chi connectivity index (χ4n) is 3.33. The Kier molecular flexibility index (Phi) is 5.81. The molecule has 1 N–H and O–H groups in total. The number of nitrogens with one attached hydrogen (secondary N) is 1. The van der Waals surface area contributed by atoms with Gasteiger partial charge in [0.15, 0.2) is 0 Å². The molecule has 0 bridgehead atoms. The summed E-state index contributed by atoms with van der Waals surface area (Å²) in [7, 11) is 0. The standard InChI is InChI=1S/C19H26N4O2/c1-14-12-15(2)22-18(21-14)5-8-20-19(24)16-6-9-23(10-7-16)13-17-4-3-11-25-17/h3-4,11-12,16H,5-10,13H2,1-2H3,(H,20,24). The van der Waals surface area contributed by atoms with E-state index in [0.29, 0.717) is 13.0 Å². The molecule has 6 heteroatoms. The maximum absolute atomic E-state index is 12.4. The summed E-state index contributed by atoms with van der Waals surface area (Å²) < 4.78 is 5.39. The zero-order valence-electron chi connectivity index (χ0n) is 15.0. The van der Waals surface area contributed by atoms with Crippen LogP contribution in [0.5, 0.6) is 0 Å². The van der Waals surface area contributed by atoms with Crippen LogP contribution in [0.25, 0.3) is 0 Å². The first-order valence-corrected chi connectivity index (χ1v) is 8.94. The summed E-state index contributed by atoms with van der Waals surface area (Å²) in [6.07, 6.45) is 4.17. The minimum Gasteiger partial charge on any atom is -0.468 e. The third kappa shape index (κ3) is 5.13. The van der Waals surface area contributed by atoms with Gasteiger partial charge in [-0.05, 0) is 58.0 Å². The van der Waals surface area contributed by atoms with Crippen molar-refractivity contribution >= 4 is 5.91 Å². The molecule has 25 heavy (non-hydrogen) atoms. The molecule has 0 aromatic carbocycles. The zero-order chi connectivity index (χ0) is 17.6. The van der Waals surface area contributed by atoms with Crippen molar-refractivity contribution in [3.8, 4) is 0 Å². The average molecular weight is 342 g/mol. The van der Waals surface area contributed by atoms with Crippen molar-refractivity contribution in [2.24, 2.45) is 5.92 Å². The Morgan fingerprint density at radius 2 is 2.00 bits per heavy atom. The molecular formula is C19H26N4O2. The van der Waals surface area contributed by atoms with Gasteiger partial charge < -0.3 is 9.73 Å². The Bertz CT molecular complexity index is 671. The van der Waals surface area contributed by atoms with E-state index in [4.69, 9.17) is 4.42 Å². The first-order chi connectivity index (χ1) is 12.1. The molecule has 0 atom stereocenters. The highest BCUT2D eigenvalue weighted by Gasteiger charge is 2.25. The van der Waals surface area contributed by atoms with Crippen molar-refractivity contribution in [3.05, 3.63) is 47.4 Å². The predicted molar refractivity (Wildman–Crippen MR) is 94.9 cm³/mol. The molecule has 1 aliphatic heterocycles. The molecule has 1 aliphatic rings.